The van der Waals surface area contributed by atoms with Crippen LogP contribution < -0.4 is 10.6 Å². The Balaban J connectivity index is 0.000000162. The lowest BCUT2D eigenvalue weighted by atomic mass is 9.96. The van der Waals surface area contributed by atoms with Gasteiger partial charge in [-0.1, -0.05) is 109 Å². The second-order valence-electron chi connectivity index (χ2n) is 12.2. The topological polar surface area (TPSA) is 89.8 Å². The minimum Gasteiger partial charge on any atom is -0.371 e. The van der Waals surface area contributed by atoms with Gasteiger partial charge in [-0.15, -0.1) is 0 Å². The first kappa shape index (κ1) is 33.7. The molecular formula is C44H34F2N4O2. The summed E-state index contributed by atoms with van der Waals surface area (Å²) >= 11 is 0. The lowest BCUT2D eigenvalue weighted by Gasteiger charge is -2.19. The number of benzene rings is 6. The first-order valence-corrected chi connectivity index (χ1v) is 16.8. The lowest BCUT2D eigenvalue weighted by molar-refractivity contribution is 0.0963. The Hall–Kier alpha value is -6.80. The number of para-hydroxylation sites is 2. The van der Waals surface area contributed by atoms with E-state index in [9.17, 15) is 18.4 Å². The summed E-state index contributed by atoms with van der Waals surface area (Å²) in [6.07, 6.45) is 3.46. The molecule has 6 nitrogen and oxygen atoms in total. The van der Waals surface area contributed by atoms with Crippen molar-refractivity contribution < 1.29 is 18.4 Å². The number of H-pyrrole nitrogens is 2. The van der Waals surface area contributed by atoms with Crippen LogP contribution >= 0.6 is 0 Å². The molecule has 8 rings (SSSR count). The van der Waals surface area contributed by atoms with E-state index in [0.717, 1.165) is 32.9 Å². The second kappa shape index (κ2) is 15.4. The fraction of sp³-hybridized carbons (Fsp3) is 0.0455. The van der Waals surface area contributed by atoms with Gasteiger partial charge in [0, 0.05) is 56.7 Å². The van der Waals surface area contributed by atoms with Crippen LogP contribution in [0.2, 0.25) is 0 Å². The van der Waals surface area contributed by atoms with Gasteiger partial charge < -0.3 is 20.6 Å². The summed E-state index contributed by atoms with van der Waals surface area (Å²) in [5.74, 6) is -0.835. The highest BCUT2D eigenvalue weighted by Gasteiger charge is 2.26. The lowest BCUT2D eigenvalue weighted by Crippen LogP contribution is -2.21. The monoisotopic (exact) mass is 688 g/mol. The van der Waals surface area contributed by atoms with E-state index in [4.69, 9.17) is 0 Å². The van der Waals surface area contributed by atoms with Crippen molar-refractivity contribution in [2.45, 2.75) is 12.1 Å². The van der Waals surface area contributed by atoms with Crippen LogP contribution in [0.5, 0.6) is 0 Å². The van der Waals surface area contributed by atoms with Crippen LogP contribution in [0.15, 0.2) is 170 Å². The molecule has 0 aliphatic carbocycles. The predicted molar refractivity (Wildman–Crippen MR) is 204 cm³/mol. The van der Waals surface area contributed by atoms with Crippen LogP contribution in [0.3, 0.4) is 0 Å². The normalized spacial score (nSPS) is 12.0. The quantitative estimate of drug-likeness (QED) is 0.108. The van der Waals surface area contributed by atoms with E-state index in [-0.39, 0.29) is 23.2 Å². The van der Waals surface area contributed by atoms with Crippen LogP contribution in [-0.4, -0.2) is 21.5 Å². The van der Waals surface area contributed by atoms with Crippen molar-refractivity contribution in [2.75, 3.05) is 10.6 Å². The molecule has 0 radical (unpaired) electrons. The van der Waals surface area contributed by atoms with Crippen molar-refractivity contribution in [2.24, 2.45) is 0 Å². The average Bonchev–Trinajstić information content (AvgIpc) is 3.82. The van der Waals surface area contributed by atoms with Crippen LogP contribution in [0, 0.1) is 11.6 Å². The zero-order valence-electron chi connectivity index (χ0n) is 27.9. The molecule has 0 saturated carbocycles. The van der Waals surface area contributed by atoms with E-state index in [1.165, 1.54) is 24.3 Å². The molecule has 0 aliphatic rings. The minimum atomic E-state index is -0.614. The van der Waals surface area contributed by atoms with Crippen molar-refractivity contribution >= 4 is 44.7 Å². The molecule has 8 aromatic rings. The van der Waals surface area contributed by atoms with E-state index >= 15 is 0 Å². The average molecular weight is 689 g/mol. The summed E-state index contributed by atoms with van der Waals surface area (Å²) in [4.78, 5) is 32.9. The van der Waals surface area contributed by atoms with E-state index in [1.54, 1.807) is 36.7 Å². The molecule has 0 spiro atoms. The summed E-state index contributed by atoms with van der Waals surface area (Å²) in [6, 6.07) is 45.3. The summed E-state index contributed by atoms with van der Waals surface area (Å²) in [5, 5.41) is 8.12. The van der Waals surface area contributed by atoms with Gasteiger partial charge in [0.15, 0.2) is 11.6 Å². The van der Waals surface area contributed by atoms with Gasteiger partial charge in [-0.25, -0.2) is 8.78 Å². The van der Waals surface area contributed by atoms with Gasteiger partial charge in [-0.3, -0.25) is 9.59 Å². The number of hydrogen-bond acceptors (Lipinski definition) is 4. The van der Waals surface area contributed by atoms with E-state index in [0.29, 0.717) is 22.5 Å². The number of halogens is 2. The van der Waals surface area contributed by atoms with Crippen molar-refractivity contribution in [1.29, 1.82) is 0 Å². The second-order valence-corrected chi connectivity index (χ2v) is 12.2. The number of nitrogens with one attached hydrogen (secondary N) is 4. The van der Waals surface area contributed by atoms with Crippen LogP contribution in [-0.2, 0) is 0 Å². The molecule has 8 heteroatoms. The van der Waals surface area contributed by atoms with Crippen molar-refractivity contribution in [3.05, 3.63) is 204 Å². The maximum absolute atomic E-state index is 13.6. The number of rotatable bonds is 10. The Bertz CT molecular complexity index is 2280. The van der Waals surface area contributed by atoms with Gasteiger partial charge in [-0.2, -0.15) is 0 Å². The molecule has 2 atom stereocenters. The molecule has 0 fully saturated rings. The Morgan fingerprint density at radius 1 is 0.462 bits per heavy atom. The van der Waals surface area contributed by atoms with Gasteiger partial charge >= 0.3 is 0 Å². The number of hydrogen-bond donors (Lipinski definition) is 4. The van der Waals surface area contributed by atoms with Crippen LogP contribution in [0.4, 0.5) is 20.2 Å². The zero-order chi connectivity index (χ0) is 35.9. The van der Waals surface area contributed by atoms with Gasteiger partial charge in [0.05, 0.1) is 0 Å². The number of aromatic amines is 2. The van der Waals surface area contributed by atoms with Gasteiger partial charge in [-0.05, 0) is 59.7 Å². The van der Waals surface area contributed by atoms with Crippen LogP contribution in [0.25, 0.3) is 21.8 Å². The SMILES string of the molecule is O=C(c1c[nH]c2ccccc12)C(Nc1cccc(F)c1)c1ccccc1.O=C(c1c[nH]c2ccccc12)C(Nc1cccc(F)c1)c1ccccc1. The minimum absolute atomic E-state index is 0.0714. The highest BCUT2D eigenvalue weighted by Crippen LogP contribution is 2.29. The maximum atomic E-state index is 13.6. The first-order chi connectivity index (χ1) is 25.4. The first-order valence-electron chi connectivity index (χ1n) is 16.8. The standard InChI is InChI=1S/2C22H17FN2O/c2*23-16-9-6-10-17(13-16)25-21(15-7-2-1-3-8-15)22(26)19-14-24-20-12-5-4-11-18(19)20/h2*1-14,21,24-25H. The Kier molecular flexibility index (Phi) is 9.97. The number of anilines is 2. The van der Waals surface area contributed by atoms with Gasteiger partial charge in [0.1, 0.15) is 23.7 Å². The number of Topliss-reactive ketones (excluding diaryl/α,β-unsaturated/α-hetero) is 2. The molecule has 2 aromatic heterocycles. The summed E-state index contributed by atoms with van der Waals surface area (Å²) in [6.45, 7) is 0. The largest absolute Gasteiger partial charge is 0.371 e. The number of carbonyl (C=O) groups excluding carboxylic acids is 2. The van der Waals surface area contributed by atoms with Crippen molar-refractivity contribution in [3.63, 3.8) is 0 Å². The molecule has 52 heavy (non-hydrogen) atoms. The number of ketones is 2. The summed E-state index contributed by atoms with van der Waals surface area (Å²) in [7, 11) is 0. The Labute approximate surface area is 299 Å². The predicted octanol–water partition coefficient (Wildman–Crippen LogP) is 10.7. The molecule has 0 amide bonds. The number of fused-ring (bicyclic) bond motifs is 2. The molecule has 2 heterocycles. The molecular weight excluding hydrogens is 655 g/mol. The third-order valence-electron chi connectivity index (χ3n) is 8.77. The van der Waals surface area contributed by atoms with Crippen LogP contribution in [0.1, 0.15) is 43.9 Å². The third-order valence-corrected chi connectivity index (χ3v) is 8.77. The third kappa shape index (κ3) is 7.51. The fourth-order valence-corrected chi connectivity index (χ4v) is 6.24. The fourth-order valence-electron chi connectivity index (χ4n) is 6.24. The van der Waals surface area contributed by atoms with E-state index in [1.807, 2.05) is 109 Å². The molecule has 0 saturated heterocycles. The van der Waals surface area contributed by atoms with Crippen molar-refractivity contribution in [1.82, 2.24) is 9.97 Å². The Morgan fingerprint density at radius 2 is 0.846 bits per heavy atom. The smallest absolute Gasteiger partial charge is 0.191 e. The van der Waals surface area contributed by atoms with Gasteiger partial charge in [0.2, 0.25) is 0 Å². The highest BCUT2D eigenvalue weighted by atomic mass is 19.1. The van der Waals surface area contributed by atoms with Gasteiger partial charge in [0.25, 0.3) is 0 Å². The summed E-state index contributed by atoms with van der Waals surface area (Å²) in [5.41, 5.74) is 5.82. The summed E-state index contributed by atoms with van der Waals surface area (Å²) < 4.78 is 27.1. The molecule has 0 bridgehead atoms. The van der Waals surface area contributed by atoms with Crippen molar-refractivity contribution in [3.8, 4) is 0 Å². The molecule has 2 unspecified atom stereocenters. The molecule has 4 N–H and O–H groups in total. The molecule has 6 aromatic carbocycles. The number of carbonyl (C=O) groups is 2. The zero-order valence-corrected chi connectivity index (χ0v) is 27.9. The number of aromatic nitrogens is 2. The molecule has 0 aliphatic heterocycles. The highest BCUT2D eigenvalue weighted by molar-refractivity contribution is 6.12. The van der Waals surface area contributed by atoms with E-state index < -0.39 is 12.1 Å². The Morgan fingerprint density at radius 3 is 1.25 bits per heavy atom. The molecule has 256 valence electrons. The maximum Gasteiger partial charge on any atom is 0.191 e. The van der Waals surface area contributed by atoms with E-state index in [2.05, 4.69) is 20.6 Å².